The average Bonchev–Trinajstić information content (AvgIpc) is 2.36. The summed E-state index contributed by atoms with van der Waals surface area (Å²) in [5.74, 6) is -3.01. The van der Waals surface area contributed by atoms with Crippen LogP contribution in [0.3, 0.4) is 0 Å². The first kappa shape index (κ1) is 17.2. The van der Waals surface area contributed by atoms with Crippen LogP contribution in [0, 0.1) is 11.8 Å². The summed E-state index contributed by atoms with van der Waals surface area (Å²) in [5.41, 5.74) is -0.382. The highest BCUT2D eigenvalue weighted by Gasteiger charge is 2.35. The van der Waals surface area contributed by atoms with Crippen molar-refractivity contribution in [3.8, 4) is 0 Å². The predicted molar refractivity (Wildman–Crippen MR) is 78.5 cm³/mol. The highest BCUT2D eigenvalue weighted by Crippen LogP contribution is 2.26. The second-order valence-electron chi connectivity index (χ2n) is 6.46. The Morgan fingerprint density at radius 2 is 1.67 bits per heavy atom. The minimum absolute atomic E-state index is 0.283. The monoisotopic (exact) mass is 296 g/mol. The van der Waals surface area contributed by atoms with Crippen molar-refractivity contribution in [2.75, 3.05) is 0 Å². The van der Waals surface area contributed by atoms with Crippen LogP contribution in [0.4, 0.5) is 0 Å². The summed E-state index contributed by atoms with van der Waals surface area (Å²) in [4.78, 5) is 35.3. The molecular weight excluding hydrogens is 272 g/mol. The molecule has 3 N–H and O–H groups in total. The fraction of sp³-hybridized carbons (Fsp3) is 0.667. The van der Waals surface area contributed by atoms with E-state index in [1.807, 2.05) is 26.8 Å². The Morgan fingerprint density at radius 1 is 1.14 bits per heavy atom. The molecule has 0 saturated carbocycles. The van der Waals surface area contributed by atoms with Crippen molar-refractivity contribution in [1.29, 1.82) is 0 Å². The molecule has 0 heterocycles. The van der Waals surface area contributed by atoms with Gasteiger partial charge in [-0.25, -0.2) is 0 Å². The fourth-order valence-electron chi connectivity index (χ4n) is 2.24. The van der Waals surface area contributed by atoms with Gasteiger partial charge >= 0.3 is 5.97 Å². The fourth-order valence-corrected chi connectivity index (χ4v) is 2.24. The first-order valence-electron chi connectivity index (χ1n) is 7.12. The van der Waals surface area contributed by atoms with Crippen molar-refractivity contribution in [3.05, 3.63) is 12.2 Å². The highest BCUT2D eigenvalue weighted by atomic mass is 16.4. The van der Waals surface area contributed by atoms with E-state index in [0.29, 0.717) is 12.8 Å². The lowest BCUT2D eigenvalue weighted by Gasteiger charge is -2.27. The molecule has 0 radical (unpaired) electrons. The van der Waals surface area contributed by atoms with Crippen LogP contribution in [0.1, 0.15) is 40.5 Å². The largest absolute Gasteiger partial charge is 0.481 e. The van der Waals surface area contributed by atoms with E-state index in [0.717, 1.165) is 0 Å². The van der Waals surface area contributed by atoms with Gasteiger partial charge in [-0.3, -0.25) is 14.4 Å². The SMILES string of the molecule is CC(NC(=O)[C@@H]1CC=CC[C@@H]1C(=O)O)C(=O)NC(C)(C)C. The zero-order valence-electron chi connectivity index (χ0n) is 13.0. The van der Waals surface area contributed by atoms with Crippen LogP contribution in [-0.2, 0) is 14.4 Å². The number of carboxylic acid groups (broad SMARTS) is 1. The molecule has 0 aromatic rings. The number of aliphatic carboxylic acids is 1. The Hall–Kier alpha value is -1.85. The Labute approximate surface area is 125 Å². The van der Waals surface area contributed by atoms with Gasteiger partial charge in [0.05, 0.1) is 11.8 Å². The van der Waals surface area contributed by atoms with Crippen LogP contribution in [-0.4, -0.2) is 34.5 Å². The molecule has 1 aliphatic rings. The molecule has 1 rings (SSSR count). The number of hydrogen-bond acceptors (Lipinski definition) is 3. The molecule has 6 nitrogen and oxygen atoms in total. The summed E-state index contributed by atoms with van der Waals surface area (Å²) in [7, 11) is 0. The highest BCUT2D eigenvalue weighted by molar-refractivity contribution is 5.90. The van der Waals surface area contributed by atoms with Crippen LogP contribution in [0.5, 0.6) is 0 Å². The van der Waals surface area contributed by atoms with E-state index in [1.54, 1.807) is 13.0 Å². The van der Waals surface area contributed by atoms with Crippen LogP contribution in [0.25, 0.3) is 0 Å². The first-order valence-corrected chi connectivity index (χ1v) is 7.12. The van der Waals surface area contributed by atoms with Crippen molar-refractivity contribution in [1.82, 2.24) is 10.6 Å². The van der Waals surface area contributed by atoms with E-state index in [-0.39, 0.29) is 17.4 Å². The summed E-state index contributed by atoms with van der Waals surface area (Å²) < 4.78 is 0. The van der Waals surface area contributed by atoms with Gasteiger partial charge in [-0.2, -0.15) is 0 Å². The van der Waals surface area contributed by atoms with E-state index in [1.165, 1.54) is 0 Å². The summed E-state index contributed by atoms with van der Waals surface area (Å²) in [6, 6.07) is -0.697. The zero-order chi connectivity index (χ0) is 16.2. The predicted octanol–water partition coefficient (Wildman–Crippen LogP) is 1.07. The average molecular weight is 296 g/mol. The van der Waals surface area contributed by atoms with Gasteiger partial charge in [-0.15, -0.1) is 0 Å². The third-order valence-electron chi connectivity index (χ3n) is 3.34. The molecule has 118 valence electrons. The van der Waals surface area contributed by atoms with Crippen LogP contribution in [0.15, 0.2) is 12.2 Å². The summed E-state index contributed by atoms with van der Waals surface area (Å²) in [5, 5.41) is 14.5. The van der Waals surface area contributed by atoms with Gasteiger partial charge in [0, 0.05) is 5.54 Å². The van der Waals surface area contributed by atoms with E-state index >= 15 is 0 Å². The van der Waals surface area contributed by atoms with E-state index < -0.39 is 23.8 Å². The van der Waals surface area contributed by atoms with Gasteiger partial charge in [0.25, 0.3) is 0 Å². The number of carbonyl (C=O) groups is 3. The standard InChI is InChI=1S/C15H24N2O4/c1-9(12(18)17-15(2,3)4)16-13(19)10-7-5-6-8-11(10)14(20)21/h5-6,9-11H,7-8H2,1-4H3,(H,16,19)(H,17,18)(H,20,21)/t9?,10-,11+/m1/s1. The maximum Gasteiger partial charge on any atom is 0.307 e. The molecule has 0 aromatic carbocycles. The number of rotatable bonds is 4. The minimum atomic E-state index is -0.980. The van der Waals surface area contributed by atoms with Crippen molar-refractivity contribution < 1.29 is 19.5 Å². The molecular formula is C15H24N2O4. The van der Waals surface area contributed by atoms with Crippen molar-refractivity contribution >= 4 is 17.8 Å². The van der Waals surface area contributed by atoms with Crippen LogP contribution in [0.2, 0.25) is 0 Å². The first-order chi connectivity index (χ1) is 9.61. The lowest BCUT2D eigenvalue weighted by atomic mass is 9.82. The lowest BCUT2D eigenvalue weighted by molar-refractivity contribution is -0.147. The number of carbonyl (C=O) groups excluding carboxylic acids is 2. The molecule has 6 heteroatoms. The number of carboxylic acids is 1. The lowest BCUT2D eigenvalue weighted by Crippen LogP contribution is -2.52. The smallest absolute Gasteiger partial charge is 0.307 e. The van der Waals surface area contributed by atoms with Crippen LogP contribution < -0.4 is 10.6 Å². The molecule has 1 aliphatic carbocycles. The molecule has 0 spiro atoms. The Bertz CT molecular complexity index is 451. The van der Waals surface area contributed by atoms with Crippen LogP contribution >= 0.6 is 0 Å². The molecule has 1 unspecified atom stereocenters. The Morgan fingerprint density at radius 3 is 2.14 bits per heavy atom. The van der Waals surface area contributed by atoms with Gasteiger partial charge in [0.2, 0.25) is 11.8 Å². The van der Waals surface area contributed by atoms with Gasteiger partial charge in [0.15, 0.2) is 0 Å². The maximum atomic E-state index is 12.2. The zero-order valence-corrected chi connectivity index (χ0v) is 13.0. The topological polar surface area (TPSA) is 95.5 Å². The molecule has 2 amide bonds. The normalized spacial score (nSPS) is 23.2. The van der Waals surface area contributed by atoms with Gasteiger partial charge in [-0.1, -0.05) is 12.2 Å². The third-order valence-corrected chi connectivity index (χ3v) is 3.34. The minimum Gasteiger partial charge on any atom is -0.481 e. The van der Waals surface area contributed by atoms with Crippen molar-refractivity contribution in [3.63, 3.8) is 0 Å². The molecule has 21 heavy (non-hydrogen) atoms. The van der Waals surface area contributed by atoms with Gasteiger partial charge in [0.1, 0.15) is 6.04 Å². The summed E-state index contributed by atoms with van der Waals surface area (Å²) >= 11 is 0. The Kier molecular flexibility index (Phi) is 5.52. The number of nitrogens with one attached hydrogen (secondary N) is 2. The molecule has 0 aromatic heterocycles. The number of allylic oxidation sites excluding steroid dienone is 2. The summed E-state index contributed by atoms with van der Waals surface area (Å²) in [6.45, 7) is 7.15. The summed E-state index contributed by atoms with van der Waals surface area (Å²) in [6.07, 6.45) is 4.31. The van der Waals surface area contributed by atoms with Crippen molar-refractivity contribution in [2.24, 2.45) is 11.8 Å². The van der Waals surface area contributed by atoms with Gasteiger partial charge < -0.3 is 15.7 Å². The Balaban J connectivity index is 2.65. The molecule has 0 saturated heterocycles. The number of amides is 2. The second-order valence-corrected chi connectivity index (χ2v) is 6.46. The van der Waals surface area contributed by atoms with E-state index in [9.17, 15) is 14.4 Å². The molecule has 3 atom stereocenters. The second kappa shape index (κ2) is 6.74. The quantitative estimate of drug-likeness (QED) is 0.676. The van der Waals surface area contributed by atoms with Crippen molar-refractivity contribution in [2.45, 2.75) is 52.1 Å². The van der Waals surface area contributed by atoms with E-state index in [4.69, 9.17) is 5.11 Å². The molecule has 0 bridgehead atoms. The molecule has 0 aliphatic heterocycles. The molecule has 0 fully saturated rings. The van der Waals surface area contributed by atoms with Gasteiger partial charge in [-0.05, 0) is 40.5 Å². The third kappa shape index (κ3) is 5.21. The maximum absolute atomic E-state index is 12.2. The number of hydrogen-bond donors (Lipinski definition) is 3. The van der Waals surface area contributed by atoms with E-state index in [2.05, 4.69) is 10.6 Å².